The molecular formula is C15H18N2O2. The first kappa shape index (κ1) is 13.4. The van der Waals surface area contributed by atoms with Crippen molar-refractivity contribution >= 4 is 5.91 Å². The fourth-order valence-electron chi connectivity index (χ4n) is 1.77. The first-order valence-corrected chi connectivity index (χ1v) is 6.33. The highest BCUT2D eigenvalue weighted by Gasteiger charge is 2.07. The Hall–Kier alpha value is -2.07. The van der Waals surface area contributed by atoms with Crippen LogP contribution in [0.2, 0.25) is 0 Å². The van der Waals surface area contributed by atoms with Crippen molar-refractivity contribution in [3.05, 3.63) is 60.1 Å². The average Bonchev–Trinajstić information content (AvgIpc) is 2.96. The number of carbonyl (C=O) groups excluding carboxylic acids is 1. The molecule has 0 fully saturated rings. The number of nitrogens with one attached hydrogen (secondary N) is 2. The van der Waals surface area contributed by atoms with Gasteiger partial charge in [0, 0.05) is 6.04 Å². The van der Waals surface area contributed by atoms with Gasteiger partial charge in [-0.25, -0.2) is 0 Å². The standard InChI is InChI=1S/C15H18N2O2/c1-12(13-6-3-2-4-7-13)16-11-15(18)17-10-14-8-5-9-19-14/h2-9,12,16H,10-11H2,1H3,(H,17,18). The molecule has 0 radical (unpaired) electrons. The summed E-state index contributed by atoms with van der Waals surface area (Å²) in [7, 11) is 0. The smallest absolute Gasteiger partial charge is 0.234 e. The summed E-state index contributed by atoms with van der Waals surface area (Å²) in [6.07, 6.45) is 1.59. The Bertz CT molecular complexity index is 494. The van der Waals surface area contributed by atoms with E-state index in [1.54, 1.807) is 12.3 Å². The van der Waals surface area contributed by atoms with Crippen LogP contribution in [0.3, 0.4) is 0 Å². The molecule has 1 aromatic heterocycles. The van der Waals surface area contributed by atoms with E-state index in [0.717, 1.165) is 5.76 Å². The number of rotatable bonds is 6. The first-order chi connectivity index (χ1) is 9.25. The van der Waals surface area contributed by atoms with Crippen LogP contribution in [0.15, 0.2) is 53.1 Å². The second-order valence-electron chi connectivity index (χ2n) is 4.37. The molecule has 0 aliphatic rings. The monoisotopic (exact) mass is 258 g/mol. The highest BCUT2D eigenvalue weighted by Crippen LogP contribution is 2.10. The van der Waals surface area contributed by atoms with Gasteiger partial charge in [-0.15, -0.1) is 0 Å². The van der Waals surface area contributed by atoms with Crippen molar-refractivity contribution in [2.75, 3.05) is 6.54 Å². The van der Waals surface area contributed by atoms with Gasteiger partial charge in [-0.1, -0.05) is 30.3 Å². The lowest BCUT2D eigenvalue weighted by Crippen LogP contribution is -2.34. The van der Waals surface area contributed by atoms with E-state index < -0.39 is 0 Å². The summed E-state index contributed by atoms with van der Waals surface area (Å²) in [4.78, 5) is 11.7. The Balaban J connectivity index is 1.71. The maximum absolute atomic E-state index is 11.7. The molecule has 0 saturated carbocycles. The van der Waals surface area contributed by atoms with Gasteiger partial charge in [-0.3, -0.25) is 4.79 Å². The van der Waals surface area contributed by atoms with Gasteiger partial charge in [0.15, 0.2) is 0 Å². The molecule has 2 rings (SSSR count). The molecule has 1 amide bonds. The van der Waals surface area contributed by atoms with Crippen molar-refractivity contribution in [1.82, 2.24) is 10.6 Å². The maximum Gasteiger partial charge on any atom is 0.234 e. The predicted molar refractivity (Wildman–Crippen MR) is 73.4 cm³/mol. The molecule has 2 aromatic rings. The highest BCUT2D eigenvalue weighted by atomic mass is 16.3. The minimum Gasteiger partial charge on any atom is -0.467 e. The Labute approximate surface area is 112 Å². The van der Waals surface area contributed by atoms with Gasteiger partial charge in [0.05, 0.1) is 19.4 Å². The van der Waals surface area contributed by atoms with E-state index in [2.05, 4.69) is 10.6 Å². The largest absolute Gasteiger partial charge is 0.467 e. The normalized spacial score (nSPS) is 12.1. The van der Waals surface area contributed by atoms with E-state index in [1.165, 1.54) is 5.56 Å². The molecule has 4 nitrogen and oxygen atoms in total. The van der Waals surface area contributed by atoms with Gasteiger partial charge in [0.1, 0.15) is 5.76 Å². The zero-order valence-electron chi connectivity index (χ0n) is 10.9. The van der Waals surface area contributed by atoms with Gasteiger partial charge in [0.2, 0.25) is 5.91 Å². The van der Waals surface area contributed by atoms with E-state index in [4.69, 9.17) is 4.42 Å². The molecule has 1 atom stereocenters. The second kappa shape index (κ2) is 6.75. The minimum atomic E-state index is -0.0424. The molecule has 0 aliphatic carbocycles. The maximum atomic E-state index is 11.7. The molecule has 19 heavy (non-hydrogen) atoms. The third-order valence-electron chi connectivity index (χ3n) is 2.91. The lowest BCUT2D eigenvalue weighted by Gasteiger charge is -2.13. The zero-order chi connectivity index (χ0) is 13.5. The summed E-state index contributed by atoms with van der Waals surface area (Å²) in [6, 6.07) is 13.8. The molecule has 1 heterocycles. The van der Waals surface area contributed by atoms with Crippen LogP contribution in [0.1, 0.15) is 24.3 Å². The van der Waals surface area contributed by atoms with Crippen LogP contribution in [0.5, 0.6) is 0 Å². The first-order valence-electron chi connectivity index (χ1n) is 6.33. The van der Waals surface area contributed by atoms with Crippen molar-refractivity contribution < 1.29 is 9.21 Å². The van der Waals surface area contributed by atoms with Gasteiger partial charge in [-0.2, -0.15) is 0 Å². The van der Waals surface area contributed by atoms with E-state index in [-0.39, 0.29) is 18.5 Å². The average molecular weight is 258 g/mol. The lowest BCUT2D eigenvalue weighted by molar-refractivity contribution is -0.120. The summed E-state index contributed by atoms with van der Waals surface area (Å²) in [6.45, 7) is 2.75. The molecule has 0 saturated heterocycles. The predicted octanol–water partition coefficient (Wildman–Crippen LogP) is 2.25. The minimum absolute atomic E-state index is 0.0424. The molecule has 100 valence electrons. The number of benzene rings is 1. The third-order valence-corrected chi connectivity index (χ3v) is 2.91. The summed E-state index contributed by atoms with van der Waals surface area (Å²) in [5.74, 6) is 0.712. The molecular weight excluding hydrogens is 240 g/mol. The van der Waals surface area contributed by atoms with Crippen molar-refractivity contribution in [2.24, 2.45) is 0 Å². The Morgan fingerprint density at radius 2 is 2.00 bits per heavy atom. The molecule has 0 spiro atoms. The van der Waals surface area contributed by atoms with Crippen molar-refractivity contribution in [3.8, 4) is 0 Å². The molecule has 1 aromatic carbocycles. The number of amides is 1. The highest BCUT2D eigenvalue weighted by molar-refractivity contribution is 5.77. The Morgan fingerprint density at radius 1 is 1.21 bits per heavy atom. The Morgan fingerprint density at radius 3 is 2.68 bits per heavy atom. The van der Waals surface area contributed by atoms with Crippen molar-refractivity contribution in [1.29, 1.82) is 0 Å². The molecule has 1 unspecified atom stereocenters. The van der Waals surface area contributed by atoms with Crippen molar-refractivity contribution in [2.45, 2.75) is 19.5 Å². The second-order valence-corrected chi connectivity index (χ2v) is 4.37. The number of hydrogen-bond donors (Lipinski definition) is 2. The molecule has 0 bridgehead atoms. The van der Waals surface area contributed by atoms with Gasteiger partial charge in [0.25, 0.3) is 0 Å². The van der Waals surface area contributed by atoms with Gasteiger partial charge < -0.3 is 15.1 Å². The summed E-state index contributed by atoms with van der Waals surface area (Å²) >= 11 is 0. The molecule has 0 aliphatic heterocycles. The third kappa shape index (κ3) is 4.26. The summed E-state index contributed by atoms with van der Waals surface area (Å²) in [5.41, 5.74) is 1.17. The van der Waals surface area contributed by atoms with Crippen LogP contribution < -0.4 is 10.6 Å². The fourth-order valence-corrected chi connectivity index (χ4v) is 1.77. The van der Waals surface area contributed by atoms with Crippen LogP contribution >= 0.6 is 0 Å². The van der Waals surface area contributed by atoms with Crippen LogP contribution in [0, 0.1) is 0 Å². The van der Waals surface area contributed by atoms with Crippen molar-refractivity contribution in [3.63, 3.8) is 0 Å². The molecule has 2 N–H and O–H groups in total. The number of hydrogen-bond acceptors (Lipinski definition) is 3. The van der Waals surface area contributed by atoms with E-state index in [1.807, 2.05) is 43.3 Å². The Kier molecular flexibility index (Phi) is 4.75. The summed E-state index contributed by atoms with van der Waals surface area (Å²) < 4.78 is 5.14. The van der Waals surface area contributed by atoms with E-state index >= 15 is 0 Å². The van der Waals surface area contributed by atoms with Gasteiger partial charge >= 0.3 is 0 Å². The van der Waals surface area contributed by atoms with Crippen LogP contribution in [0.25, 0.3) is 0 Å². The van der Waals surface area contributed by atoms with Crippen LogP contribution in [-0.2, 0) is 11.3 Å². The van der Waals surface area contributed by atoms with Gasteiger partial charge in [-0.05, 0) is 24.6 Å². The van der Waals surface area contributed by atoms with E-state index in [0.29, 0.717) is 6.54 Å². The quantitative estimate of drug-likeness (QED) is 0.835. The van der Waals surface area contributed by atoms with E-state index in [9.17, 15) is 4.79 Å². The number of carbonyl (C=O) groups is 1. The topological polar surface area (TPSA) is 54.3 Å². The zero-order valence-corrected chi connectivity index (χ0v) is 10.9. The van der Waals surface area contributed by atoms with Crippen LogP contribution in [-0.4, -0.2) is 12.5 Å². The fraction of sp³-hybridized carbons (Fsp3) is 0.267. The SMILES string of the molecule is CC(NCC(=O)NCc1ccco1)c1ccccc1. The van der Waals surface area contributed by atoms with Crippen LogP contribution in [0.4, 0.5) is 0 Å². The number of furan rings is 1. The molecule has 4 heteroatoms. The summed E-state index contributed by atoms with van der Waals surface area (Å²) in [5, 5.41) is 5.98. The lowest BCUT2D eigenvalue weighted by atomic mass is 10.1.